The molecule has 0 saturated heterocycles. The Hall–Kier alpha value is -0.650. The lowest BCUT2D eigenvalue weighted by Crippen LogP contribution is -2.23. The molecule has 0 saturated carbocycles. The molecule has 1 atom stereocenters. The molecule has 0 radical (unpaired) electrons. The van der Waals surface area contributed by atoms with E-state index in [-0.39, 0.29) is 0 Å². The summed E-state index contributed by atoms with van der Waals surface area (Å²) in [6.45, 7) is 10.4. The van der Waals surface area contributed by atoms with E-state index in [2.05, 4.69) is 70.9 Å². The molecule has 0 aromatic carbocycles. The van der Waals surface area contributed by atoms with Crippen molar-refractivity contribution in [3.8, 4) is 0 Å². The molecule has 110 valence electrons. The molecule has 5 heteroatoms. The van der Waals surface area contributed by atoms with Crippen molar-refractivity contribution in [2.75, 3.05) is 6.54 Å². The van der Waals surface area contributed by atoms with E-state index in [4.69, 9.17) is 0 Å². The van der Waals surface area contributed by atoms with Crippen molar-refractivity contribution in [3.63, 3.8) is 0 Å². The highest BCUT2D eigenvalue weighted by atomic mass is 79.9. The number of aryl methyl sites for hydroxylation is 3. The Kier molecular flexibility index (Phi) is 5.41. The summed E-state index contributed by atoms with van der Waals surface area (Å²) in [5.41, 5.74) is 3.71. The van der Waals surface area contributed by atoms with Crippen LogP contribution in [0.2, 0.25) is 0 Å². The Morgan fingerprint density at radius 2 is 2.10 bits per heavy atom. The predicted molar refractivity (Wildman–Crippen MR) is 89.5 cm³/mol. The molecule has 2 rings (SSSR count). The number of nitrogens with zero attached hydrogens (tertiary/aromatic N) is 2. The Morgan fingerprint density at radius 1 is 1.35 bits per heavy atom. The van der Waals surface area contributed by atoms with Crippen LogP contribution in [0.5, 0.6) is 0 Å². The molecule has 0 bridgehead atoms. The van der Waals surface area contributed by atoms with Crippen molar-refractivity contribution >= 4 is 27.3 Å². The van der Waals surface area contributed by atoms with E-state index in [0.29, 0.717) is 6.04 Å². The first-order valence-corrected chi connectivity index (χ1v) is 8.68. The van der Waals surface area contributed by atoms with Crippen LogP contribution in [0.15, 0.2) is 15.9 Å². The van der Waals surface area contributed by atoms with Gasteiger partial charge in [0.1, 0.15) is 0 Å². The highest BCUT2D eigenvalue weighted by Gasteiger charge is 2.17. The fraction of sp³-hybridized carbons (Fsp3) is 0.533. The molecule has 0 amide bonds. The number of aromatic nitrogens is 2. The second-order valence-electron chi connectivity index (χ2n) is 5.01. The number of nitrogens with one attached hydrogen (secondary N) is 1. The zero-order valence-corrected chi connectivity index (χ0v) is 14.9. The summed E-state index contributed by atoms with van der Waals surface area (Å²) in [4.78, 5) is 1.39. The van der Waals surface area contributed by atoms with Gasteiger partial charge in [-0.3, -0.25) is 4.68 Å². The van der Waals surface area contributed by atoms with Crippen LogP contribution in [0.25, 0.3) is 0 Å². The van der Waals surface area contributed by atoms with E-state index in [9.17, 15) is 0 Å². The molecular formula is C15H22BrN3S. The lowest BCUT2D eigenvalue weighted by atomic mass is 10.1. The third-order valence-corrected chi connectivity index (χ3v) is 5.62. The standard InChI is InChI=1S/C15H22BrN3S/c1-5-17-13(14-7-10(3)15(16)20-14)9-12-8-11(4)18-19(12)6-2/h7-8,13,17H,5-6,9H2,1-4H3. The minimum Gasteiger partial charge on any atom is -0.309 e. The molecule has 0 aliphatic rings. The maximum Gasteiger partial charge on any atom is 0.0731 e. The van der Waals surface area contributed by atoms with Gasteiger partial charge < -0.3 is 5.32 Å². The highest BCUT2D eigenvalue weighted by molar-refractivity contribution is 9.11. The van der Waals surface area contributed by atoms with Gasteiger partial charge in [-0.25, -0.2) is 0 Å². The predicted octanol–water partition coefficient (Wildman–Crippen LogP) is 4.24. The zero-order valence-electron chi connectivity index (χ0n) is 12.5. The van der Waals surface area contributed by atoms with Gasteiger partial charge >= 0.3 is 0 Å². The van der Waals surface area contributed by atoms with Crippen molar-refractivity contribution in [2.45, 2.75) is 46.7 Å². The highest BCUT2D eigenvalue weighted by Crippen LogP contribution is 2.32. The summed E-state index contributed by atoms with van der Waals surface area (Å²) in [5, 5.41) is 8.14. The molecule has 1 N–H and O–H groups in total. The molecule has 0 fully saturated rings. The number of hydrogen-bond acceptors (Lipinski definition) is 3. The molecule has 2 aromatic heterocycles. The SMILES string of the molecule is CCNC(Cc1cc(C)nn1CC)c1cc(C)c(Br)s1. The molecule has 20 heavy (non-hydrogen) atoms. The first kappa shape index (κ1) is 15.7. The fourth-order valence-corrected chi connectivity index (χ4v) is 4.07. The number of halogens is 1. The van der Waals surface area contributed by atoms with E-state index in [0.717, 1.165) is 25.2 Å². The maximum absolute atomic E-state index is 4.54. The van der Waals surface area contributed by atoms with Crippen LogP contribution in [-0.4, -0.2) is 16.3 Å². The monoisotopic (exact) mass is 355 g/mol. The van der Waals surface area contributed by atoms with E-state index < -0.39 is 0 Å². The van der Waals surface area contributed by atoms with Crippen LogP contribution in [0.4, 0.5) is 0 Å². The average Bonchev–Trinajstić information content (AvgIpc) is 2.92. The summed E-state index contributed by atoms with van der Waals surface area (Å²) >= 11 is 5.45. The lowest BCUT2D eigenvalue weighted by Gasteiger charge is -2.17. The summed E-state index contributed by atoms with van der Waals surface area (Å²) in [6.07, 6.45) is 0.981. The van der Waals surface area contributed by atoms with Crippen molar-refractivity contribution in [3.05, 3.63) is 37.7 Å². The summed E-state index contributed by atoms with van der Waals surface area (Å²) in [5.74, 6) is 0. The smallest absolute Gasteiger partial charge is 0.0731 e. The quantitative estimate of drug-likeness (QED) is 0.839. The van der Waals surface area contributed by atoms with Gasteiger partial charge in [-0.05, 0) is 60.9 Å². The van der Waals surface area contributed by atoms with Gasteiger partial charge in [0.25, 0.3) is 0 Å². The first-order valence-electron chi connectivity index (χ1n) is 7.07. The van der Waals surface area contributed by atoms with Crippen molar-refractivity contribution in [1.29, 1.82) is 0 Å². The molecule has 0 aliphatic heterocycles. The minimum atomic E-state index is 0.358. The maximum atomic E-state index is 4.54. The minimum absolute atomic E-state index is 0.358. The van der Waals surface area contributed by atoms with Gasteiger partial charge in [-0.1, -0.05) is 6.92 Å². The van der Waals surface area contributed by atoms with E-state index in [1.54, 1.807) is 0 Å². The van der Waals surface area contributed by atoms with Gasteiger partial charge in [-0.15, -0.1) is 11.3 Å². The van der Waals surface area contributed by atoms with Gasteiger partial charge in [0.15, 0.2) is 0 Å². The zero-order chi connectivity index (χ0) is 14.7. The Labute approximate surface area is 133 Å². The van der Waals surface area contributed by atoms with Crippen molar-refractivity contribution in [2.24, 2.45) is 0 Å². The summed E-state index contributed by atoms with van der Waals surface area (Å²) in [7, 11) is 0. The molecule has 0 aliphatic carbocycles. The van der Waals surface area contributed by atoms with Crippen LogP contribution >= 0.6 is 27.3 Å². The molecular weight excluding hydrogens is 334 g/mol. The normalized spacial score (nSPS) is 12.8. The number of likely N-dealkylation sites (N-methyl/N-ethyl adjacent to an activating group) is 1. The molecule has 0 spiro atoms. The topological polar surface area (TPSA) is 29.9 Å². The van der Waals surface area contributed by atoms with Crippen molar-refractivity contribution < 1.29 is 0 Å². The van der Waals surface area contributed by atoms with Gasteiger partial charge in [0, 0.05) is 29.6 Å². The van der Waals surface area contributed by atoms with Crippen LogP contribution < -0.4 is 5.32 Å². The summed E-state index contributed by atoms with van der Waals surface area (Å²) < 4.78 is 3.34. The van der Waals surface area contributed by atoms with Gasteiger partial charge in [0.2, 0.25) is 0 Å². The third kappa shape index (κ3) is 3.51. The fourth-order valence-electron chi connectivity index (χ4n) is 2.42. The first-order chi connectivity index (χ1) is 9.55. The van der Waals surface area contributed by atoms with E-state index in [1.165, 1.54) is 19.9 Å². The molecule has 2 aromatic rings. The van der Waals surface area contributed by atoms with Gasteiger partial charge in [0.05, 0.1) is 9.48 Å². The number of rotatable bonds is 6. The Bertz CT molecular complexity index is 554. The third-order valence-electron chi connectivity index (χ3n) is 3.37. The van der Waals surface area contributed by atoms with Gasteiger partial charge in [-0.2, -0.15) is 5.10 Å². The second-order valence-corrected chi connectivity index (χ2v) is 7.41. The van der Waals surface area contributed by atoms with Crippen LogP contribution in [0.3, 0.4) is 0 Å². The number of hydrogen-bond donors (Lipinski definition) is 1. The molecule has 1 unspecified atom stereocenters. The summed E-state index contributed by atoms with van der Waals surface area (Å²) in [6, 6.07) is 4.83. The largest absolute Gasteiger partial charge is 0.309 e. The lowest BCUT2D eigenvalue weighted by molar-refractivity contribution is 0.522. The Balaban J connectivity index is 2.24. The van der Waals surface area contributed by atoms with E-state index >= 15 is 0 Å². The van der Waals surface area contributed by atoms with E-state index in [1.807, 2.05) is 11.3 Å². The van der Waals surface area contributed by atoms with Crippen LogP contribution in [-0.2, 0) is 13.0 Å². The molecule has 2 heterocycles. The average molecular weight is 356 g/mol. The van der Waals surface area contributed by atoms with Crippen LogP contribution in [0, 0.1) is 13.8 Å². The van der Waals surface area contributed by atoms with Crippen molar-refractivity contribution in [1.82, 2.24) is 15.1 Å². The Morgan fingerprint density at radius 3 is 2.65 bits per heavy atom. The molecule has 3 nitrogen and oxygen atoms in total. The van der Waals surface area contributed by atoms with Crippen LogP contribution in [0.1, 0.15) is 41.7 Å². The second kappa shape index (κ2) is 6.87. The number of thiophene rings is 1.